The van der Waals surface area contributed by atoms with Gasteiger partial charge in [0.15, 0.2) is 0 Å². The molecule has 32 heavy (non-hydrogen) atoms. The van der Waals surface area contributed by atoms with Gasteiger partial charge in [-0.25, -0.2) is 13.4 Å². The molecule has 1 aliphatic rings. The summed E-state index contributed by atoms with van der Waals surface area (Å²) in [6.45, 7) is 0.472. The number of aromatic nitrogens is 2. The van der Waals surface area contributed by atoms with Gasteiger partial charge in [0.2, 0.25) is 10.0 Å². The molecular weight excluding hydrogens is 424 g/mol. The summed E-state index contributed by atoms with van der Waals surface area (Å²) in [5, 5.41) is 2.90. The molecule has 2 aromatic carbocycles. The van der Waals surface area contributed by atoms with E-state index in [1.807, 2.05) is 48.5 Å². The lowest BCUT2D eigenvalue weighted by Crippen LogP contribution is -2.25. The molecule has 0 aliphatic carbocycles. The van der Waals surface area contributed by atoms with E-state index in [1.165, 1.54) is 4.31 Å². The van der Waals surface area contributed by atoms with Gasteiger partial charge >= 0.3 is 0 Å². The Morgan fingerprint density at radius 3 is 2.56 bits per heavy atom. The zero-order valence-electron chi connectivity index (χ0n) is 17.1. The Labute approximate surface area is 185 Å². The number of anilines is 2. The summed E-state index contributed by atoms with van der Waals surface area (Å²) in [4.78, 5) is 21.7. The van der Waals surface area contributed by atoms with Gasteiger partial charge < -0.3 is 5.32 Å². The van der Waals surface area contributed by atoms with E-state index in [-0.39, 0.29) is 11.7 Å². The summed E-state index contributed by atoms with van der Waals surface area (Å²) in [6, 6.07) is 21.7. The van der Waals surface area contributed by atoms with Gasteiger partial charge in [0.05, 0.1) is 28.2 Å². The highest BCUT2D eigenvalue weighted by molar-refractivity contribution is 7.93. The fourth-order valence-corrected chi connectivity index (χ4v) is 5.35. The molecule has 7 nitrogen and oxygen atoms in total. The number of nitrogens with one attached hydrogen (secondary N) is 1. The molecule has 5 rings (SSSR count). The predicted molar refractivity (Wildman–Crippen MR) is 125 cm³/mol. The largest absolute Gasteiger partial charge is 0.322 e. The topological polar surface area (TPSA) is 92.3 Å². The molecule has 8 heteroatoms. The molecule has 1 N–H and O–H groups in total. The van der Waals surface area contributed by atoms with Crippen molar-refractivity contribution in [2.75, 3.05) is 21.9 Å². The van der Waals surface area contributed by atoms with Crippen molar-refractivity contribution < 1.29 is 13.2 Å². The molecule has 1 amide bonds. The van der Waals surface area contributed by atoms with E-state index in [4.69, 9.17) is 0 Å². The van der Waals surface area contributed by atoms with Crippen LogP contribution in [0.3, 0.4) is 0 Å². The SMILES string of the molecule is O=C(Nc1cccc(-c2ccc3ncccc3n2)c1)c1ccc(N2CCCS2(=O)=O)cc1. The van der Waals surface area contributed by atoms with Crippen molar-refractivity contribution in [2.45, 2.75) is 6.42 Å². The fraction of sp³-hybridized carbons (Fsp3) is 0.125. The van der Waals surface area contributed by atoms with Crippen molar-refractivity contribution in [3.8, 4) is 11.3 Å². The number of fused-ring (bicyclic) bond motifs is 1. The highest BCUT2D eigenvalue weighted by Crippen LogP contribution is 2.26. The zero-order valence-corrected chi connectivity index (χ0v) is 17.9. The summed E-state index contributed by atoms with van der Waals surface area (Å²) in [6.07, 6.45) is 2.35. The van der Waals surface area contributed by atoms with E-state index >= 15 is 0 Å². The quantitative estimate of drug-likeness (QED) is 0.512. The lowest BCUT2D eigenvalue weighted by Gasteiger charge is -2.17. The van der Waals surface area contributed by atoms with Gasteiger partial charge in [-0.2, -0.15) is 0 Å². The molecule has 0 radical (unpaired) electrons. The van der Waals surface area contributed by atoms with Gasteiger partial charge in [-0.3, -0.25) is 14.1 Å². The number of nitrogens with zero attached hydrogens (tertiary/aromatic N) is 3. The second-order valence-corrected chi connectivity index (χ2v) is 9.57. The molecule has 3 heterocycles. The molecule has 2 aromatic heterocycles. The molecule has 4 aromatic rings. The Morgan fingerprint density at radius 1 is 0.938 bits per heavy atom. The van der Waals surface area contributed by atoms with Crippen LogP contribution in [0.1, 0.15) is 16.8 Å². The third-order valence-corrected chi connectivity index (χ3v) is 7.26. The first-order valence-corrected chi connectivity index (χ1v) is 11.8. The number of carbonyl (C=O) groups is 1. The Bertz CT molecular complexity index is 1420. The number of hydrogen-bond donors (Lipinski definition) is 1. The average Bonchev–Trinajstić information content (AvgIpc) is 3.18. The lowest BCUT2D eigenvalue weighted by atomic mass is 10.1. The monoisotopic (exact) mass is 444 g/mol. The average molecular weight is 445 g/mol. The van der Waals surface area contributed by atoms with Gasteiger partial charge in [-0.15, -0.1) is 0 Å². The molecule has 160 valence electrons. The minimum Gasteiger partial charge on any atom is -0.322 e. The summed E-state index contributed by atoms with van der Waals surface area (Å²) in [5.74, 6) is -0.109. The third-order valence-electron chi connectivity index (χ3n) is 5.39. The van der Waals surface area contributed by atoms with Crippen LogP contribution in [0, 0.1) is 0 Å². The molecule has 0 saturated carbocycles. The molecule has 1 saturated heterocycles. The molecule has 0 spiro atoms. The molecule has 0 bridgehead atoms. The Morgan fingerprint density at radius 2 is 1.78 bits per heavy atom. The van der Waals surface area contributed by atoms with E-state index in [2.05, 4.69) is 15.3 Å². The maximum Gasteiger partial charge on any atom is 0.255 e. The second kappa shape index (κ2) is 8.05. The van der Waals surface area contributed by atoms with Crippen LogP contribution in [0.5, 0.6) is 0 Å². The Balaban J connectivity index is 1.34. The molecule has 1 aliphatic heterocycles. The summed E-state index contributed by atoms with van der Waals surface area (Å²) in [7, 11) is -3.24. The van der Waals surface area contributed by atoms with Gasteiger partial charge in [0, 0.05) is 29.6 Å². The number of sulfonamides is 1. The van der Waals surface area contributed by atoms with Crippen molar-refractivity contribution in [3.05, 3.63) is 84.6 Å². The number of hydrogen-bond acceptors (Lipinski definition) is 5. The normalized spacial score (nSPS) is 15.1. The summed E-state index contributed by atoms with van der Waals surface area (Å²) >= 11 is 0. The molecule has 0 unspecified atom stereocenters. The van der Waals surface area contributed by atoms with Gasteiger partial charge in [-0.05, 0) is 67.1 Å². The number of amides is 1. The van der Waals surface area contributed by atoms with Crippen molar-refractivity contribution in [1.29, 1.82) is 0 Å². The van der Waals surface area contributed by atoms with Crippen LogP contribution >= 0.6 is 0 Å². The van der Waals surface area contributed by atoms with Crippen molar-refractivity contribution in [1.82, 2.24) is 9.97 Å². The number of benzene rings is 2. The minimum atomic E-state index is -3.24. The number of rotatable bonds is 4. The van der Waals surface area contributed by atoms with Crippen molar-refractivity contribution in [3.63, 3.8) is 0 Å². The van der Waals surface area contributed by atoms with E-state index < -0.39 is 10.0 Å². The van der Waals surface area contributed by atoms with Crippen LogP contribution in [-0.4, -0.2) is 36.6 Å². The van der Waals surface area contributed by atoms with E-state index in [9.17, 15) is 13.2 Å². The van der Waals surface area contributed by atoms with Crippen LogP contribution in [0.15, 0.2) is 79.0 Å². The lowest BCUT2D eigenvalue weighted by molar-refractivity contribution is 0.102. The third kappa shape index (κ3) is 3.92. The Kier molecular flexibility index (Phi) is 5.07. The van der Waals surface area contributed by atoms with Gasteiger partial charge in [0.25, 0.3) is 5.91 Å². The first kappa shape index (κ1) is 20.1. The highest BCUT2D eigenvalue weighted by Gasteiger charge is 2.28. The summed E-state index contributed by atoms with van der Waals surface area (Å²) in [5.41, 5.74) is 4.97. The minimum absolute atomic E-state index is 0.161. The maximum atomic E-state index is 12.7. The van der Waals surface area contributed by atoms with Crippen LogP contribution < -0.4 is 9.62 Å². The van der Waals surface area contributed by atoms with Gasteiger partial charge in [0.1, 0.15) is 0 Å². The highest BCUT2D eigenvalue weighted by atomic mass is 32.2. The molecule has 1 fully saturated rings. The maximum absolute atomic E-state index is 12.7. The van der Waals surface area contributed by atoms with E-state index in [1.54, 1.807) is 30.5 Å². The number of carbonyl (C=O) groups excluding carboxylic acids is 1. The fourth-order valence-electron chi connectivity index (χ4n) is 3.79. The van der Waals surface area contributed by atoms with Crippen LogP contribution in [0.4, 0.5) is 11.4 Å². The van der Waals surface area contributed by atoms with E-state index in [0.29, 0.717) is 29.9 Å². The van der Waals surface area contributed by atoms with Crippen LogP contribution in [0.25, 0.3) is 22.3 Å². The van der Waals surface area contributed by atoms with Crippen LogP contribution in [0.2, 0.25) is 0 Å². The van der Waals surface area contributed by atoms with Gasteiger partial charge in [-0.1, -0.05) is 12.1 Å². The predicted octanol–water partition coefficient (Wildman–Crippen LogP) is 4.09. The first-order chi connectivity index (χ1) is 15.5. The van der Waals surface area contributed by atoms with Crippen LogP contribution in [-0.2, 0) is 10.0 Å². The first-order valence-electron chi connectivity index (χ1n) is 10.2. The smallest absolute Gasteiger partial charge is 0.255 e. The Hall–Kier alpha value is -3.78. The van der Waals surface area contributed by atoms with E-state index in [0.717, 1.165) is 22.3 Å². The van der Waals surface area contributed by atoms with Crippen molar-refractivity contribution in [2.24, 2.45) is 0 Å². The molecular formula is C24H20N4O3S. The number of pyridine rings is 2. The van der Waals surface area contributed by atoms with Crippen molar-refractivity contribution >= 4 is 38.3 Å². The zero-order chi connectivity index (χ0) is 22.1. The summed E-state index contributed by atoms with van der Waals surface area (Å²) < 4.78 is 25.6. The standard InChI is InChI=1S/C24H20N4O3S/c29-24(17-7-9-20(10-8-17)28-14-3-15-32(28,30)31)26-19-5-1-4-18(16-19)21-11-12-22-23(27-21)6-2-13-25-22/h1-2,4-13,16H,3,14-15H2,(H,26,29). The molecule has 0 atom stereocenters. The second-order valence-electron chi connectivity index (χ2n) is 7.56.